The van der Waals surface area contributed by atoms with Crippen LogP contribution in [0.25, 0.3) is 5.78 Å². The van der Waals surface area contributed by atoms with Gasteiger partial charge in [-0.3, -0.25) is 0 Å². The van der Waals surface area contributed by atoms with Crippen LogP contribution in [0.4, 0.5) is 10.2 Å². The lowest BCUT2D eigenvalue weighted by atomic mass is 9.87. The topological polar surface area (TPSA) is 55.1 Å². The summed E-state index contributed by atoms with van der Waals surface area (Å²) in [5.41, 5.74) is 4.21. The third-order valence-corrected chi connectivity index (χ3v) is 4.64. The van der Waals surface area contributed by atoms with Gasteiger partial charge in [-0.1, -0.05) is 6.07 Å². The summed E-state index contributed by atoms with van der Waals surface area (Å²) >= 11 is 0. The SMILES string of the molecule is Cc1nc2ncnn2c(NC2CCCc3ccc(F)cc32)c1C. The van der Waals surface area contributed by atoms with E-state index in [-0.39, 0.29) is 11.9 Å². The number of anilines is 1. The highest BCUT2D eigenvalue weighted by molar-refractivity contribution is 5.53. The Labute approximate surface area is 133 Å². The maximum atomic E-state index is 13.7. The van der Waals surface area contributed by atoms with Crippen molar-refractivity contribution in [3.05, 3.63) is 52.7 Å². The van der Waals surface area contributed by atoms with Crippen molar-refractivity contribution in [3.8, 4) is 0 Å². The molecular formula is C17H18FN5. The van der Waals surface area contributed by atoms with Crippen LogP contribution < -0.4 is 5.32 Å². The highest BCUT2D eigenvalue weighted by Crippen LogP contribution is 2.34. The first-order chi connectivity index (χ1) is 11.1. The van der Waals surface area contributed by atoms with E-state index in [2.05, 4.69) is 20.4 Å². The summed E-state index contributed by atoms with van der Waals surface area (Å²) in [4.78, 5) is 8.61. The van der Waals surface area contributed by atoms with Gasteiger partial charge in [0.25, 0.3) is 5.78 Å². The molecule has 4 rings (SSSR count). The van der Waals surface area contributed by atoms with Gasteiger partial charge in [0.05, 0.1) is 6.04 Å². The van der Waals surface area contributed by atoms with E-state index in [0.717, 1.165) is 41.9 Å². The number of fused-ring (bicyclic) bond motifs is 2. The standard InChI is InChI=1S/C17H18FN5/c1-10-11(2)21-17-19-9-20-23(17)16(10)22-15-5-3-4-12-6-7-13(18)8-14(12)15/h6-9,15,22H,3-5H2,1-2H3. The zero-order valence-electron chi connectivity index (χ0n) is 13.2. The summed E-state index contributed by atoms with van der Waals surface area (Å²) in [7, 11) is 0. The van der Waals surface area contributed by atoms with Gasteiger partial charge in [-0.15, -0.1) is 0 Å². The van der Waals surface area contributed by atoms with Crippen molar-refractivity contribution in [1.82, 2.24) is 19.6 Å². The van der Waals surface area contributed by atoms with Crippen molar-refractivity contribution >= 4 is 11.6 Å². The minimum absolute atomic E-state index is 0.0716. The van der Waals surface area contributed by atoms with Gasteiger partial charge in [-0.2, -0.15) is 14.6 Å². The first kappa shape index (κ1) is 14.1. The molecule has 0 bridgehead atoms. The molecule has 0 amide bonds. The van der Waals surface area contributed by atoms with E-state index in [1.807, 2.05) is 19.9 Å². The van der Waals surface area contributed by atoms with Crippen molar-refractivity contribution in [2.75, 3.05) is 5.32 Å². The average Bonchev–Trinajstić information content (AvgIpc) is 3.00. The molecule has 2 aromatic heterocycles. The summed E-state index contributed by atoms with van der Waals surface area (Å²) in [6.45, 7) is 3.98. The highest BCUT2D eigenvalue weighted by atomic mass is 19.1. The van der Waals surface area contributed by atoms with Gasteiger partial charge in [0.15, 0.2) is 0 Å². The molecule has 0 saturated carbocycles. The predicted octanol–water partition coefficient (Wildman–Crippen LogP) is 3.37. The fourth-order valence-electron chi connectivity index (χ4n) is 3.29. The Morgan fingerprint density at radius 3 is 3.04 bits per heavy atom. The second kappa shape index (κ2) is 5.30. The number of halogens is 1. The number of rotatable bonds is 2. The Morgan fingerprint density at radius 1 is 1.30 bits per heavy atom. The first-order valence-corrected chi connectivity index (χ1v) is 7.85. The fourth-order valence-corrected chi connectivity index (χ4v) is 3.29. The van der Waals surface area contributed by atoms with Gasteiger partial charge >= 0.3 is 0 Å². The molecule has 5 nitrogen and oxygen atoms in total. The number of benzene rings is 1. The minimum Gasteiger partial charge on any atom is -0.363 e. The van der Waals surface area contributed by atoms with Gasteiger partial charge in [-0.05, 0) is 56.4 Å². The van der Waals surface area contributed by atoms with Crippen LogP contribution in [0, 0.1) is 19.7 Å². The largest absolute Gasteiger partial charge is 0.363 e. The Balaban J connectivity index is 1.79. The minimum atomic E-state index is -0.189. The molecule has 118 valence electrons. The molecule has 2 heterocycles. The molecule has 1 unspecified atom stereocenters. The molecule has 0 spiro atoms. The maximum absolute atomic E-state index is 13.7. The summed E-state index contributed by atoms with van der Waals surface area (Å²) in [6.07, 6.45) is 4.55. The smallest absolute Gasteiger partial charge is 0.254 e. The summed E-state index contributed by atoms with van der Waals surface area (Å²) in [5.74, 6) is 1.27. The lowest BCUT2D eigenvalue weighted by molar-refractivity contribution is 0.577. The van der Waals surface area contributed by atoms with Crippen LogP contribution in [0.3, 0.4) is 0 Å². The zero-order valence-corrected chi connectivity index (χ0v) is 13.2. The van der Waals surface area contributed by atoms with Gasteiger partial charge in [-0.25, -0.2) is 9.37 Å². The third kappa shape index (κ3) is 2.34. The molecule has 3 aromatic rings. The van der Waals surface area contributed by atoms with Crippen molar-refractivity contribution < 1.29 is 4.39 Å². The van der Waals surface area contributed by atoms with Gasteiger partial charge in [0.2, 0.25) is 0 Å². The van der Waals surface area contributed by atoms with E-state index in [1.54, 1.807) is 16.6 Å². The normalized spacial score (nSPS) is 17.3. The van der Waals surface area contributed by atoms with Crippen molar-refractivity contribution in [1.29, 1.82) is 0 Å². The number of nitrogens with zero attached hydrogens (tertiary/aromatic N) is 4. The van der Waals surface area contributed by atoms with Gasteiger partial charge < -0.3 is 5.32 Å². The molecule has 0 aliphatic heterocycles. The molecule has 1 atom stereocenters. The lowest BCUT2D eigenvalue weighted by Crippen LogP contribution is -2.20. The Morgan fingerprint density at radius 2 is 2.17 bits per heavy atom. The summed E-state index contributed by atoms with van der Waals surface area (Å²) in [5, 5.41) is 7.82. The van der Waals surface area contributed by atoms with Gasteiger partial charge in [0, 0.05) is 11.3 Å². The van der Waals surface area contributed by atoms with E-state index in [0.29, 0.717) is 5.78 Å². The molecule has 1 aromatic carbocycles. The lowest BCUT2D eigenvalue weighted by Gasteiger charge is -2.28. The van der Waals surface area contributed by atoms with E-state index in [9.17, 15) is 4.39 Å². The molecule has 1 aliphatic rings. The Kier molecular flexibility index (Phi) is 3.25. The van der Waals surface area contributed by atoms with Crippen molar-refractivity contribution in [3.63, 3.8) is 0 Å². The van der Waals surface area contributed by atoms with E-state index in [1.165, 1.54) is 11.9 Å². The molecule has 23 heavy (non-hydrogen) atoms. The molecule has 0 radical (unpaired) electrons. The quantitative estimate of drug-likeness (QED) is 0.788. The first-order valence-electron chi connectivity index (χ1n) is 7.85. The number of aromatic nitrogens is 4. The van der Waals surface area contributed by atoms with Crippen LogP contribution in [-0.2, 0) is 6.42 Å². The van der Waals surface area contributed by atoms with Crippen LogP contribution in [0.5, 0.6) is 0 Å². The summed E-state index contributed by atoms with van der Waals surface area (Å²) in [6, 6.07) is 5.16. The average molecular weight is 311 g/mol. The second-order valence-electron chi connectivity index (χ2n) is 6.07. The van der Waals surface area contributed by atoms with Crippen LogP contribution in [0.15, 0.2) is 24.5 Å². The number of nitrogens with one attached hydrogen (secondary N) is 1. The van der Waals surface area contributed by atoms with Gasteiger partial charge in [0.1, 0.15) is 18.0 Å². The van der Waals surface area contributed by atoms with Crippen molar-refractivity contribution in [2.24, 2.45) is 0 Å². The fraction of sp³-hybridized carbons (Fsp3) is 0.353. The monoisotopic (exact) mass is 311 g/mol. The van der Waals surface area contributed by atoms with E-state index < -0.39 is 0 Å². The van der Waals surface area contributed by atoms with Crippen LogP contribution >= 0.6 is 0 Å². The summed E-state index contributed by atoms with van der Waals surface area (Å²) < 4.78 is 15.4. The zero-order chi connectivity index (χ0) is 16.0. The number of aryl methyl sites for hydroxylation is 2. The van der Waals surface area contributed by atoms with E-state index in [4.69, 9.17) is 0 Å². The highest BCUT2D eigenvalue weighted by Gasteiger charge is 2.23. The van der Waals surface area contributed by atoms with Crippen LogP contribution in [0.1, 0.15) is 41.3 Å². The van der Waals surface area contributed by atoms with E-state index >= 15 is 0 Å². The Hall–Kier alpha value is -2.50. The number of hydrogen-bond acceptors (Lipinski definition) is 4. The van der Waals surface area contributed by atoms with Crippen LogP contribution in [-0.4, -0.2) is 19.6 Å². The Bertz CT molecular complexity index is 886. The molecule has 1 aliphatic carbocycles. The molecule has 6 heteroatoms. The number of hydrogen-bond donors (Lipinski definition) is 1. The third-order valence-electron chi connectivity index (χ3n) is 4.64. The molecule has 0 fully saturated rings. The molecule has 0 saturated heterocycles. The van der Waals surface area contributed by atoms with Crippen LogP contribution in [0.2, 0.25) is 0 Å². The molecular weight excluding hydrogens is 293 g/mol. The molecule has 1 N–H and O–H groups in total. The second-order valence-corrected chi connectivity index (χ2v) is 6.07. The maximum Gasteiger partial charge on any atom is 0.254 e. The van der Waals surface area contributed by atoms with Crippen molar-refractivity contribution in [2.45, 2.75) is 39.2 Å². The predicted molar refractivity (Wildman–Crippen MR) is 86.0 cm³/mol.